The first-order chi connectivity index (χ1) is 9.31. The predicted molar refractivity (Wildman–Crippen MR) is 80.3 cm³/mol. The monoisotopic (exact) mass is 273 g/mol. The van der Waals surface area contributed by atoms with Crippen molar-refractivity contribution in [3.05, 3.63) is 46.5 Å². The van der Waals surface area contributed by atoms with Crippen molar-refractivity contribution < 1.29 is 0 Å². The van der Waals surface area contributed by atoms with Crippen LogP contribution in [0.5, 0.6) is 0 Å². The van der Waals surface area contributed by atoms with Crippen LogP contribution in [-0.2, 0) is 19.4 Å². The third-order valence-electron chi connectivity index (χ3n) is 3.69. The molecule has 0 bridgehead atoms. The fourth-order valence-corrected chi connectivity index (χ4v) is 3.27. The lowest BCUT2D eigenvalue weighted by molar-refractivity contribution is 0.272. The number of thiazole rings is 1. The average molecular weight is 273 g/mol. The summed E-state index contributed by atoms with van der Waals surface area (Å²) >= 11 is 1.53. The van der Waals surface area contributed by atoms with Crippen molar-refractivity contribution in [3.8, 4) is 0 Å². The van der Waals surface area contributed by atoms with E-state index in [1.807, 2.05) is 0 Å². The molecule has 1 aromatic carbocycles. The van der Waals surface area contributed by atoms with Crippen LogP contribution in [0.2, 0.25) is 0 Å². The van der Waals surface area contributed by atoms with Gasteiger partial charge in [0.1, 0.15) is 0 Å². The molecule has 2 aromatic rings. The second-order valence-electron chi connectivity index (χ2n) is 5.08. The van der Waals surface area contributed by atoms with Crippen LogP contribution in [0.1, 0.15) is 23.2 Å². The van der Waals surface area contributed by atoms with Crippen LogP contribution in [0, 0.1) is 0 Å². The number of rotatable bonds is 3. The van der Waals surface area contributed by atoms with Gasteiger partial charge in [0.25, 0.3) is 0 Å². The van der Waals surface area contributed by atoms with Crippen molar-refractivity contribution >= 4 is 16.5 Å². The zero-order chi connectivity index (χ0) is 13.1. The van der Waals surface area contributed by atoms with Crippen molar-refractivity contribution in [3.63, 3.8) is 0 Å². The Hall–Kier alpha value is -1.39. The number of aryl methyl sites for hydroxylation is 1. The van der Waals surface area contributed by atoms with Gasteiger partial charge in [0.15, 0.2) is 5.13 Å². The molecule has 0 spiro atoms. The number of nitrogens with two attached hydrogens (primary N) is 1. The second-order valence-corrected chi connectivity index (χ2v) is 5.97. The predicted octanol–water partition coefficient (Wildman–Crippen LogP) is 2.72. The molecule has 1 aliphatic rings. The molecular formula is C15H19N3S. The van der Waals surface area contributed by atoms with Crippen molar-refractivity contribution in [1.29, 1.82) is 0 Å². The number of fused-ring (bicyclic) bond motifs is 1. The van der Waals surface area contributed by atoms with Crippen LogP contribution >= 0.6 is 11.3 Å². The van der Waals surface area contributed by atoms with Gasteiger partial charge in [-0.1, -0.05) is 24.3 Å². The Kier molecular flexibility index (Phi) is 3.80. The molecular weight excluding hydrogens is 254 g/mol. The van der Waals surface area contributed by atoms with E-state index in [9.17, 15) is 0 Å². The number of hydrogen-bond acceptors (Lipinski definition) is 4. The van der Waals surface area contributed by atoms with E-state index in [1.165, 1.54) is 41.9 Å². The molecule has 0 unspecified atom stereocenters. The maximum absolute atomic E-state index is 5.67. The fraction of sp³-hybridized carbons (Fsp3) is 0.400. The Morgan fingerprint density at radius 1 is 1.26 bits per heavy atom. The molecule has 0 atom stereocenters. The molecule has 4 heteroatoms. The van der Waals surface area contributed by atoms with E-state index in [-0.39, 0.29) is 0 Å². The van der Waals surface area contributed by atoms with Gasteiger partial charge >= 0.3 is 0 Å². The lowest BCUT2D eigenvalue weighted by atomic mass is 10.0. The van der Waals surface area contributed by atoms with E-state index in [0.717, 1.165) is 25.2 Å². The van der Waals surface area contributed by atoms with E-state index in [0.29, 0.717) is 5.13 Å². The standard InChI is InChI=1S/C15H19N3S/c16-15-17-14(11-19-15)7-9-18-8-3-6-12-4-1-2-5-13(12)10-18/h1-2,4-5,11H,3,6-10H2,(H2,16,17). The highest BCUT2D eigenvalue weighted by Gasteiger charge is 2.13. The number of nitrogen functional groups attached to an aromatic ring is 1. The summed E-state index contributed by atoms with van der Waals surface area (Å²) in [6, 6.07) is 8.81. The van der Waals surface area contributed by atoms with Gasteiger partial charge in [-0.15, -0.1) is 11.3 Å². The molecule has 2 N–H and O–H groups in total. The van der Waals surface area contributed by atoms with Crippen molar-refractivity contribution in [1.82, 2.24) is 9.88 Å². The van der Waals surface area contributed by atoms with Crippen molar-refractivity contribution in [2.24, 2.45) is 0 Å². The highest BCUT2D eigenvalue weighted by Crippen LogP contribution is 2.19. The Morgan fingerprint density at radius 3 is 2.89 bits per heavy atom. The lowest BCUT2D eigenvalue weighted by Crippen LogP contribution is -2.25. The number of aromatic nitrogens is 1. The summed E-state index contributed by atoms with van der Waals surface area (Å²) in [5.41, 5.74) is 9.80. The van der Waals surface area contributed by atoms with Crippen LogP contribution in [0.15, 0.2) is 29.6 Å². The van der Waals surface area contributed by atoms with Crippen LogP contribution < -0.4 is 5.73 Å². The maximum atomic E-state index is 5.67. The summed E-state index contributed by atoms with van der Waals surface area (Å²) < 4.78 is 0. The van der Waals surface area contributed by atoms with E-state index < -0.39 is 0 Å². The van der Waals surface area contributed by atoms with Crippen molar-refractivity contribution in [2.75, 3.05) is 18.8 Å². The third kappa shape index (κ3) is 3.14. The van der Waals surface area contributed by atoms with Gasteiger partial charge < -0.3 is 5.73 Å². The quantitative estimate of drug-likeness (QED) is 0.935. The number of benzene rings is 1. The number of hydrogen-bond donors (Lipinski definition) is 1. The summed E-state index contributed by atoms with van der Waals surface area (Å²) in [5, 5.41) is 2.75. The summed E-state index contributed by atoms with van der Waals surface area (Å²) in [4.78, 5) is 6.86. The Bertz CT molecular complexity index is 550. The lowest BCUT2D eigenvalue weighted by Gasteiger charge is -2.19. The summed E-state index contributed by atoms with van der Waals surface area (Å²) in [5.74, 6) is 0. The minimum Gasteiger partial charge on any atom is -0.375 e. The zero-order valence-electron chi connectivity index (χ0n) is 11.0. The molecule has 0 amide bonds. The molecule has 1 aromatic heterocycles. The highest BCUT2D eigenvalue weighted by molar-refractivity contribution is 7.13. The van der Waals surface area contributed by atoms with Gasteiger partial charge in [-0.05, 0) is 30.5 Å². The molecule has 1 aliphatic heterocycles. The van der Waals surface area contributed by atoms with Gasteiger partial charge in [-0.2, -0.15) is 0 Å². The topological polar surface area (TPSA) is 42.1 Å². The molecule has 3 nitrogen and oxygen atoms in total. The first kappa shape index (κ1) is 12.6. The molecule has 0 fully saturated rings. The summed E-state index contributed by atoms with van der Waals surface area (Å²) in [6.45, 7) is 3.31. The first-order valence-electron chi connectivity index (χ1n) is 6.80. The van der Waals surface area contributed by atoms with E-state index in [1.54, 1.807) is 0 Å². The van der Waals surface area contributed by atoms with Crippen molar-refractivity contribution in [2.45, 2.75) is 25.8 Å². The molecule has 0 saturated carbocycles. The minimum absolute atomic E-state index is 0.677. The van der Waals surface area contributed by atoms with Gasteiger partial charge in [0.05, 0.1) is 5.69 Å². The van der Waals surface area contributed by atoms with Gasteiger partial charge in [0, 0.05) is 24.9 Å². The normalized spacial score (nSPS) is 16.0. The maximum Gasteiger partial charge on any atom is 0.180 e. The Balaban J connectivity index is 1.63. The minimum atomic E-state index is 0.677. The van der Waals surface area contributed by atoms with Crippen LogP contribution in [0.3, 0.4) is 0 Å². The molecule has 0 radical (unpaired) electrons. The fourth-order valence-electron chi connectivity index (χ4n) is 2.67. The molecule has 19 heavy (non-hydrogen) atoms. The number of nitrogens with zero attached hydrogens (tertiary/aromatic N) is 2. The Morgan fingerprint density at radius 2 is 2.11 bits per heavy atom. The average Bonchev–Trinajstić information content (AvgIpc) is 2.72. The summed E-state index contributed by atoms with van der Waals surface area (Å²) in [6.07, 6.45) is 3.45. The largest absolute Gasteiger partial charge is 0.375 e. The second kappa shape index (κ2) is 5.72. The SMILES string of the molecule is Nc1nc(CCN2CCCc3ccccc3C2)cs1. The van der Waals surface area contributed by atoms with Crippen LogP contribution in [-0.4, -0.2) is 23.0 Å². The summed E-state index contributed by atoms with van der Waals surface area (Å²) in [7, 11) is 0. The number of anilines is 1. The zero-order valence-corrected chi connectivity index (χ0v) is 11.8. The third-order valence-corrected chi connectivity index (χ3v) is 4.41. The van der Waals surface area contributed by atoms with Crippen LogP contribution in [0.25, 0.3) is 0 Å². The molecule has 3 rings (SSSR count). The van der Waals surface area contributed by atoms with E-state index in [4.69, 9.17) is 5.73 Å². The van der Waals surface area contributed by atoms with E-state index >= 15 is 0 Å². The molecule has 0 saturated heterocycles. The molecule has 2 heterocycles. The molecule has 100 valence electrons. The Labute approximate surface area is 118 Å². The first-order valence-corrected chi connectivity index (χ1v) is 7.68. The van der Waals surface area contributed by atoms with Gasteiger partial charge in [-0.3, -0.25) is 4.90 Å². The highest BCUT2D eigenvalue weighted by atomic mass is 32.1. The van der Waals surface area contributed by atoms with Crippen LogP contribution in [0.4, 0.5) is 5.13 Å². The van der Waals surface area contributed by atoms with Gasteiger partial charge in [-0.25, -0.2) is 4.98 Å². The van der Waals surface area contributed by atoms with Gasteiger partial charge in [0.2, 0.25) is 0 Å². The smallest absolute Gasteiger partial charge is 0.180 e. The molecule has 0 aliphatic carbocycles. The van der Waals surface area contributed by atoms with E-state index in [2.05, 4.69) is 39.5 Å².